The third-order valence-corrected chi connectivity index (χ3v) is 2.65. The zero-order chi connectivity index (χ0) is 13.0. The summed E-state index contributed by atoms with van der Waals surface area (Å²) in [6.45, 7) is 0.973. The topological polar surface area (TPSA) is 75.7 Å². The Morgan fingerprint density at radius 2 is 1.83 bits per heavy atom. The summed E-state index contributed by atoms with van der Waals surface area (Å²) in [5.41, 5.74) is 0.512. The van der Waals surface area contributed by atoms with Crippen LogP contribution in [0.4, 0.5) is 0 Å². The maximum atomic E-state index is 11.8. The number of carbonyl (C=O) groups is 2. The number of benzene rings is 1. The maximum Gasteiger partial charge on any atom is 0.163 e. The van der Waals surface area contributed by atoms with Crippen molar-refractivity contribution in [3.05, 3.63) is 23.8 Å². The lowest BCUT2D eigenvalue weighted by Gasteiger charge is -2.18. The first-order chi connectivity index (χ1) is 8.66. The predicted molar refractivity (Wildman–Crippen MR) is 60.6 cm³/mol. The first kappa shape index (κ1) is 12.4. The van der Waals surface area contributed by atoms with Crippen molar-refractivity contribution in [2.45, 2.75) is 19.3 Å². The van der Waals surface area contributed by atoms with Gasteiger partial charge in [0, 0.05) is 18.0 Å². The molecule has 5 nitrogen and oxygen atoms in total. The molecule has 1 aromatic carbocycles. The summed E-state index contributed by atoms with van der Waals surface area (Å²) in [6.07, 6.45) is 0.375. The highest BCUT2D eigenvalue weighted by molar-refractivity contribution is 5.96. The number of ether oxygens (including phenoxy) is 2. The molecule has 0 spiro atoms. The summed E-state index contributed by atoms with van der Waals surface area (Å²) in [6, 6.07) is 4.99. The van der Waals surface area contributed by atoms with Crippen LogP contribution in [0.2, 0.25) is 0 Å². The van der Waals surface area contributed by atoms with Gasteiger partial charge < -0.3 is 19.4 Å². The molecule has 2 rings (SSSR count). The van der Waals surface area contributed by atoms with E-state index < -0.39 is 5.97 Å². The molecule has 0 aliphatic carbocycles. The molecule has 18 heavy (non-hydrogen) atoms. The monoisotopic (exact) mass is 249 g/mol. The number of carboxylic acid groups (broad SMARTS) is 1. The number of fused-ring (bicyclic) bond motifs is 1. The van der Waals surface area contributed by atoms with Crippen molar-refractivity contribution < 1.29 is 24.2 Å². The van der Waals surface area contributed by atoms with Gasteiger partial charge in [-0.05, 0) is 31.0 Å². The van der Waals surface area contributed by atoms with E-state index in [1.165, 1.54) is 0 Å². The van der Waals surface area contributed by atoms with E-state index in [9.17, 15) is 14.7 Å². The number of carbonyl (C=O) groups excluding carboxylic acids is 2. The van der Waals surface area contributed by atoms with Crippen LogP contribution < -0.4 is 14.6 Å². The number of Topliss-reactive ketones (excluding diaryl/α,β-unsaturated/α-hetero) is 1. The Labute approximate surface area is 104 Å². The Bertz CT molecular complexity index is 466. The van der Waals surface area contributed by atoms with E-state index in [0.29, 0.717) is 30.3 Å². The van der Waals surface area contributed by atoms with Crippen molar-refractivity contribution >= 4 is 11.8 Å². The summed E-state index contributed by atoms with van der Waals surface area (Å²) in [4.78, 5) is 22.1. The van der Waals surface area contributed by atoms with Gasteiger partial charge in [-0.1, -0.05) is 0 Å². The van der Waals surface area contributed by atoms with Gasteiger partial charge in [0.15, 0.2) is 17.3 Å². The van der Waals surface area contributed by atoms with Crippen LogP contribution in [-0.2, 0) is 4.79 Å². The van der Waals surface area contributed by atoms with Gasteiger partial charge in [0.05, 0.1) is 0 Å². The molecule has 0 saturated carbocycles. The molecule has 0 amide bonds. The van der Waals surface area contributed by atoms with Gasteiger partial charge in [-0.2, -0.15) is 0 Å². The lowest BCUT2D eigenvalue weighted by molar-refractivity contribution is -0.305. The zero-order valence-electron chi connectivity index (χ0n) is 9.81. The van der Waals surface area contributed by atoms with Crippen molar-refractivity contribution in [1.29, 1.82) is 0 Å². The Balaban J connectivity index is 2.00. The van der Waals surface area contributed by atoms with Gasteiger partial charge >= 0.3 is 0 Å². The molecule has 0 N–H and O–H groups in total. The molecule has 1 aromatic rings. The second kappa shape index (κ2) is 5.53. The Morgan fingerprint density at radius 1 is 1.11 bits per heavy atom. The standard InChI is InChI=1S/C13H14O5/c14-10(2-1-3-13(15)16)9-4-5-11-12(8-9)18-7-6-17-11/h4-5,8H,1-3,6-7H2,(H,15,16)/p-1. The number of hydrogen-bond acceptors (Lipinski definition) is 5. The highest BCUT2D eigenvalue weighted by atomic mass is 16.6. The van der Waals surface area contributed by atoms with Crippen LogP contribution in [0, 0.1) is 0 Å². The van der Waals surface area contributed by atoms with Crippen molar-refractivity contribution in [2.75, 3.05) is 13.2 Å². The SMILES string of the molecule is O=C([O-])CCCC(=O)c1ccc2c(c1)OCCO2. The fraction of sp³-hybridized carbons (Fsp3) is 0.385. The molecule has 0 saturated heterocycles. The third-order valence-electron chi connectivity index (χ3n) is 2.65. The smallest absolute Gasteiger partial charge is 0.163 e. The number of aliphatic carboxylic acids is 1. The zero-order valence-corrected chi connectivity index (χ0v) is 9.81. The summed E-state index contributed by atoms with van der Waals surface area (Å²) in [7, 11) is 0. The second-order valence-electron chi connectivity index (χ2n) is 4.01. The average molecular weight is 249 g/mol. The summed E-state index contributed by atoms with van der Waals surface area (Å²) < 4.78 is 10.7. The quantitative estimate of drug-likeness (QED) is 0.713. The van der Waals surface area contributed by atoms with Crippen LogP contribution in [0.5, 0.6) is 11.5 Å². The molecule has 1 aliphatic heterocycles. The van der Waals surface area contributed by atoms with E-state index in [1.807, 2.05) is 0 Å². The molecule has 0 aromatic heterocycles. The number of hydrogen-bond donors (Lipinski definition) is 0. The van der Waals surface area contributed by atoms with E-state index in [1.54, 1.807) is 18.2 Å². The van der Waals surface area contributed by atoms with Crippen molar-refractivity contribution in [1.82, 2.24) is 0 Å². The van der Waals surface area contributed by atoms with Crippen molar-refractivity contribution in [3.63, 3.8) is 0 Å². The lowest BCUT2D eigenvalue weighted by atomic mass is 10.0. The van der Waals surface area contributed by atoms with Gasteiger partial charge in [-0.25, -0.2) is 0 Å². The van der Waals surface area contributed by atoms with Crippen LogP contribution in [0.1, 0.15) is 29.6 Å². The molecule has 96 valence electrons. The normalized spacial score (nSPS) is 13.1. The molecule has 0 bridgehead atoms. The largest absolute Gasteiger partial charge is 0.550 e. The molecular formula is C13H13O5-. The van der Waals surface area contributed by atoms with Gasteiger partial charge in [-0.15, -0.1) is 0 Å². The minimum atomic E-state index is -1.13. The van der Waals surface area contributed by atoms with Crippen LogP contribution >= 0.6 is 0 Å². The van der Waals surface area contributed by atoms with Gasteiger partial charge in [0.2, 0.25) is 0 Å². The fourth-order valence-electron chi connectivity index (χ4n) is 1.75. The predicted octanol–water partition coefficient (Wildman–Crippen LogP) is 0.561. The van der Waals surface area contributed by atoms with E-state index in [2.05, 4.69) is 0 Å². The van der Waals surface area contributed by atoms with Crippen molar-refractivity contribution in [2.24, 2.45) is 0 Å². The molecule has 5 heteroatoms. The molecule has 1 heterocycles. The lowest BCUT2D eigenvalue weighted by Crippen LogP contribution is -2.21. The van der Waals surface area contributed by atoms with E-state index in [0.717, 1.165) is 0 Å². The summed E-state index contributed by atoms with van der Waals surface area (Å²) in [5, 5.41) is 10.2. The molecule has 0 fully saturated rings. The highest BCUT2D eigenvalue weighted by Crippen LogP contribution is 2.31. The highest BCUT2D eigenvalue weighted by Gasteiger charge is 2.14. The summed E-state index contributed by atoms with van der Waals surface area (Å²) >= 11 is 0. The van der Waals surface area contributed by atoms with Crippen LogP contribution in [0.25, 0.3) is 0 Å². The van der Waals surface area contributed by atoms with Crippen LogP contribution in [0.15, 0.2) is 18.2 Å². The first-order valence-electron chi connectivity index (χ1n) is 5.79. The molecule has 1 aliphatic rings. The number of rotatable bonds is 5. The van der Waals surface area contributed by atoms with Gasteiger partial charge in [-0.3, -0.25) is 4.79 Å². The van der Waals surface area contributed by atoms with Crippen molar-refractivity contribution in [3.8, 4) is 11.5 Å². The maximum absolute atomic E-state index is 11.8. The van der Waals surface area contributed by atoms with Crippen LogP contribution in [0.3, 0.4) is 0 Å². The minimum Gasteiger partial charge on any atom is -0.550 e. The molecule has 0 radical (unpaired) electrons. The fourth-order valence-corrected chi connectivity index (χ4v) is 1.75. The third kappa shape index (κ3) is 3.00. The average Bonchev–Trinajstić information content (AvgIpc) is 2.37. The number of carboxylic acids is 1. The van der Waals surface area contributed by atoms with Crippen LogP contribution in [-0.4, -0.2) is 25.0 Å². The van der Waals surface area contributed by atoms with E-state index in [-0.39, 0.29) is 25.0 Å². The molecule has 0 atom stereocenters. The molecule has 0 unspecified atom stereocenters. The summed E-state index contributed by atoms with van der Waals surface area (Å²) in [5.74, 6) is -0.0438. The minimum absolute atomic E-state index is 0.101. The second-order valence-corrected chi connectivity index (χ2v) is 4.01. The van der Waals surface area contributed by atoms with Gasteiger partial charge in [0.1, 0.15) is 13.2 Å². The number of ketones is 1. The Morgan fingerprint density at radius 3 is 2.56 bits per heavy atom. The first-order valence-corrected chi connectivity index (χ1v) is 5.79. The molecular weight excluding hydrogens is 236 g/mol. The Hall–Kier alpha value is -2.04. The van der Waals surface area contributed by atoms with Gasteiger partial charge in [0.25, 0.3) is 0 Å². The van der Waals surface area contributed by atoms with E-state index >= 15 is 0 Å². The Kier molecular flexibility index (Phi) is 3.82. The van der Waals surface area contributed by atoms with E-state index in [4.69, 9.17) is 9.47 Å².